The van der Waals surface area contributed by atoms with Crippen molar-refractivity contribution < 1.29 is 0 Å². The molecule has 3 heterocycles. The number of aromatic amines is 1. The van der Waals surface area contributed by atoms with Crippen molar-refractivity contribution in [1.29, 1.82) is 0 Å². The third-order valence-electron chi connectivity index (χ3n) is 4.52. The predicted octanol–water partition coefficient (Wildman–Crippen LogP) is 3.85. The molecule has 3 aromatic heterocycles. The molecule has 1 aliphatic rings. The minimum absolute atomic E-state index is 0.741. The average Bonchev–Trinajstić information content (AvgIpc) is 3.27. The van der Waals surface area contributed by atoms with Gasteiger partial charge in [-0.3, -0.25) is 5.10 Å². The van der Waals surface area contributed by atoms with Crippen molar-refractivity contribution in [2.75, 3.05) is 0 Å². The summed E-state index contributed by atoms with van der Waals surface area (Å²) in [7, 11) is 0. The van der Waals surface area contributed by atoms with Crippen molar-refractivity contribution in [2.45, 2.75) is 29.4 Å². The molecule has 6 nitrogen and oxygen atoms in total. The second-order valence-corrected chi connectivity index (χ2v) is 7.57. The number of hydrogen-bond acceptors (Lipinski definition) is 5. The zero-order valence-corrected chi connectivity index (χ0v) is 14.3. The molecular weight excluding hydrogens is 332 g/mol. The summed E-state index contributed by atoms with van der Waals surface area (Å²) >= 11 is 1.93. The SMILES string of the molecule is c1cc(-c2ncn[nH]2)cc(-n2ncc3cc(SC4CCC4)cnc32)c1. The summed E-state index contributed by atoms with van der Waals surface area (Å²) in [6.07, 6.45) is 9.34. The van der Waals surface area contributed by atoms with Crippen molar-refractivity contribution in [3.63, 3.8) is 0 Å². The van der Waals surface area contributed by atoms with Gasteiger partial charge in [0.15, 0.2) is 11.5 Å². The summed E-state index contributed by atoms with van der Waals surface area (Å²) in [5.41, 5.74) is 2.79. The van der Waals surface area contributed by atoms with Crippen LogP contribution in [-0.4, -0.2) is 35.2 Å². The van der Waals surface area contributed by atoms with Gasteiger partial charge < -0.3 is 0 Å². The lowest BCUT2D eigenvalue weighted by molar-refractivity contribution is 0.522. The molecular formula is C18H16N6S. The number of rotatable bonds is 4. The van der Waals surface area contributed by atoms with Gasteiger partial charge in [-0.25, -0.2) is 14.6 Å². The summed E-state index contributed by atoms with van der Waals surface area (Å²) in [6, 6.07) is 10.2. The van der Waals surface area contributed by atoms with E-state index in [1.807, 2.05) is 53.1 Å². The van der Waals surface area contributed by atoms with Crippen molar-refractivity contribution >= 4 is 22.8 Å². The zero-order valence-electron chi connectivity index (χ0n) is 13.5. The van der Waals surface area contributed by atoms with Crippen LogP contribution in [0.2, 0.25) is 0 Å². The highest BCUT2D eigenvalue weighted by Gasteiger charge is 2.19. The minimum atomic E-state index is 0.741. The Hall–Kier alpha value is -2.67. The second kappa shape index (κ2) is 6.00. The van der Waals surface area contributed by atoms with Gasteiger partial charge in [0, 0.05) is 27.3 Å². The van der Waals surface area contributed by atoms with Crippen LogP contribution in [0.1, 0.15) is 19.3 Å². The highest BCUT2D eigenvalue weighted by atomic mass is 32.2. The topological polar surface area (TPSA) is 72.3 Å². The van der Waals surface area contributed by atoms with E-state index in [2.05, 4.69) is 31.3 Å². The summed E-state index contributed by atoms with van der Waals surface area (Å²) in [5.74, 6) is 0.741. The summed E-state index contributed by atoms with van der Waals surface area (Å²) in [5, 5.41) is 13.2. The Labute approximate surface area is 148 Å². The van der Waals surface area contributed by atoms with E-state index in [0.717, 1.165) is 33.4 Å². The Balaban J connectivity index is 1.51. The molecule has 124 valence electrons. The first kappa shape index (κ1) is 14.7. The molecule has 1 fully saturated rings. The van der Waals surface area contributed by atoms with Crippen LogP contribution in [0.25, 0.3) is 28.1 Å². The standard InChI is InChI=1S/C18H16N6S/c1-3-12(17-20-11-21-23-17)7-14(4-1)24-18-13(9-22-24)8-16(10-19-18)25-15-5-2-6-15/h1,3-4,7-11,15H,2,5-6H2,(H,20,21,23). The zero-order chi connectivity index (χ0) is 16.6. The molecule has 0 atom stereocenters. The van der Waals surface area contributed by atoms with Crippen LogP contribution in [0.15, 0.2) is 53.9 Å². The first-order chi connectivity index (χ1) is 12.4. The maximum atomic E-state index is 4.67. The number of fused-ring (bicyclic) bond motifs is 1. The smallest absolute Gasteiger partial charge is 0.162 e. The Morgan fingerprint density at radius 1 is 1.12 bits per heavy atom. The fourth-order valence-electron chi connectivity index (χ4n) is 2.96. The van der Waals surface area contributed by atoms with E-state index in [4.69, 9.17) is 0 Å². The van der Waals surface area contributed by atoms with Gasteiger partial charge in [0.2, 0.25) is 0 Å². The summed E-state index contributed by atoms with van der Waals surface area (Å²) in [4.78, 5) is 10.1. The third kappa shape index (κ3) is 2.70. The number of thioether (sulfide) groups is 1. The second-order valence-electron chi connectivity index (χ2n) is 6.20. The first-order valence-electron chi connectivity index (χ1n) is 8.33. The van der Waals surface area contributed by atoms with Gasteiger partial charge >= 0.3 is 0 Å². The highest BCUT2D eigenvalue weighted by Crippen LogP contribution is 2.36. The van der Waals surface area contributed by atoms with Crippen LogP contribution in [0.3, 0.4) is 0 Å². The normalized spacial score (nSPS) is 14.7. The van der Waals surface area contributed by atoms with Crippen LogP contribution in [0.4, 0.5) is 0 Å². The van der Waals surface area contributed by atoms with Gasteiger partial charge in [-0.15, -0.1) is 11.8 Å². The number of pyridine rings is 1. The van der Waals surface area contributed by atoms with Gasteiger partial charge in [-0.1, -0.05) is 18.6 Å². The van der Waals surface area contributed by atoms with E-state index in [1.54, 1.807) is 0 Å². The maximum Gasteiger partial charge on any atom is 0.162 e. The number of benzene rings is 1. The van der Waals surface area contributed by atoms with E-state index in [1.165, 1.54) is 30.5 Å². The number of aromatic nitrogens is 6. The molecule has 1 saturated carbocycles. The third-order valence-corrected chi connectivity index (χ3v) is 5.82. The molecule has 0 spiro atoms. The molecule has 0 aliphatic heterocycles. The lowest BCUT2D eigenvalue weighted by Gasteiger charge is -2.24. The molecule has 0 saturated heterocycles. The van der Waals surface area contributed by atoms with Crippen molar-refractivity contribution in [2.24, 2.45) is 0 Å². The number of nitrogens with zero attached hydrogens (tertiary/aromatic N) is 5. The van der Waals surface area contributed by atoms with Gasteiger partial charge in [-0.05, 0) is 31.0 Å². The molecule has 7 heteroatoms. The van der Waals surface area contributed by atoms with Gasteiger partial charge in [0.1, 0.15) is 6.33 Å². The molecule has 4 aromatic rings. The average molecular weight is 348 g/mol. The molecule has 0 bridgehead atoms. The number of H-pyrrole nitrogens is 1. The van der Waals surface area contributed by atoms with Crippen molar-refractivity contribution in [3.05, 3.63) is 49.1 Å². The van der Waals surface area contributed by atoms with Crippen LogP contribution >= 0.6 is 11.8 Å². The van der Waals surface area contributed by atoms with Gasteiger partial charge in [0.05, 0.1) is 11.9 Å². The summed E-state index contributed by atoms with van der Waals surface area (Å²) < 4.78 is 1.87. The molecule has 0 amide bonds. The Morgan fingerprint density at radius 2 is 2.08 bits per heavy atom. The maximum absolute atomic E-state index is 4.67. The van der Waals surface area contributed by atoms with E-state index >= 15 is 0 Å². The quantitative estimate of drug-likeness (QED) is 0.606. The minimum Gasteiger partial charge on any atom is -0.259 e. The van der Waals surface area contributed by atoms with E-state index < -0.39 is 0 Å². The highest BCUT2D eigenvalue weighted by molar-refractivity contribution is 8.00. The molecule has 1 N–H and O–H groups in total. The van der Waals surface area contributed by atoms with Gasteiger partial charge in [0.25, 0.3) is 0 Å². The van der Waals surface area contributed by atoms with Gasteiger partial charge in [-0.2, -0.15) is 10.2 Å². The lowest BCUT2D eigenvalue weighted by Crippen LogP contribution is -2.12. The van der Waals surface area contributed by atoms with Crippen LogP contribution in [0.5, 0.6) is 0 Å². The predicted molar refractivity (Wildman–Crippen MR) is 97.7 cm³/mol. The molecule has 25 heavy (non-hydrogen) atoms. The monoisotopic (exact) mass is 348 g/mol. The molecule has 0 unspecified atom stereocenters. The molecule has 1 aliphatic carbocycles. The lowest BCUT2D eigenvalue weighted by atomic mass is 10.0. The van der Waals surface area contributed by atoms with Crippen LogP contribution in [-0.2, 0) is 0 Å². The summed E-state index contributed by atoms with van der Waals surface area (Å²) in [6.45, 7) is 0. The van der Waals surface area contributed by atoms with E-state index in [0.29, 0.717) is 0 Å². The Bertz CT molecular complexity index is 1020. The number of hydrogen-bond donors (Lipinski definition) is 1. The largest absolute Gasteiger partial charge is 0.259 e. The van der Waals surface area contributed by atoms with Crippen molar-refractivity contribution in [1.82, 2.24) is 29.9 Å². The fraction of sp³-hybridized carbons (Fsp3) is 0.222. The van der Waals surface area contributed by atoms with E-state index in [9.17, 15) is 0 Å². The Kier molecular flexibility index (Phi) is 3.52. The van der Waals surface area contributed by atoms with Crippen LogP contribution in [0, 0.1) is 0 Å². The molecule has 0 radical (unpaired) electrons. The van der Waals surface area contributed by atoms with Crippen molar-refractivity contribution in [3.8, 4) is 17.1 Å². The number of nitrogens with one attached hydrogen (secondary N) is 1. The van der Waals surface area contributed by atoms with Crippen LogP contribution < -0.4 is 0 Å². The molecule has 5 rings (SSSR count). The Morgan fingerprint density at radius 3 is 2.88 bits per heavy atom. The molecule has 1 aromatic carbocycles. The van der Waals surface area contributed by atoms with E-state index in [-0.39, 0.29) is 0 Å². The fourth-order valence-corrected chi connectivity index (χ4v) is 4.23. The first-order valence-corrected chi connectivity index (χ1v) is 9.21.